The van der Waals surface area contributed by atoms with Gasteiger partial charge in [-0.25, -0.2) is 0 Å². The normalized spacial score (nSPS) is 28.6. The summed E-state index contributed by atoms with van der Waals surface area (Å²) in [5.41, 5.74) is 0.381. The van der Waals surface area contributed by atoms with E-state index in [2.05, 4.69) is 44.8 Å². The van der Waals surface area contributed by atoms with Gasteiger partial charge in [-0.2, -0.15) is 0 Å². The van der Waals surface area contributed by atoms with E-state index < -0.39 is 0 Å². The molecule has 102 valence electrons. The van der Waals surface area contributed by atoms with Crippen molar-refractivity contribution in [1.29, 1.82) is 0 Å². The molecule has 0 bridgehead atoms. The third-order valence-electron chi connectivity index (χ3n) is 4.54. The standard InChI is InChI=1S/C15H32N2/c1-6-14(5)11-16-15(7-2)9-8-10-17(12-15)13(3)4/h13-14,16H,6-12H2,1-5H3. The molecule has 1 rings (SSSR count). The monoisotopic (exact) mass is 240 g/mol. The van der Waals surface area contributed by atoms with E-state index in [1.54, 1.807) is 0 Å². The molecule has 0 spiro atoms. The topological polar surface area (TPSA) is 15.3 Å². The third kappa shape index (κ3) is 4.26. The molecule has 2 unspecified atom stereocenters. The molecule has 0 radical (unpaired) electrons. The van der Waals surface area contributed by atoms with Gasteiger partial charge in [0.2, 0.25) is 0 Å². The Hall–Kier alpha value is -0.0800. The Morgan fingerprint density at radius 2 is 1.94 bits per heavy atom. The number of nitrogens with one attached hydrogen (secondary N) is 1. The first-order valence-corrected chi connectivity index (χ1v) is 7.52. The van der Waals surface area contributed by atoms with E-state index >= 15 is 0 Å². The van der Waals surface area contributed by atoms with Gasteiger partial charge in [-0.05, 0) is 52.1 Å². The molecule has 0 aromatic carbocycles. The van der Waals surface area contributed by atoms with Crippen LogP contribution in [-0.2, 0) is 0 Å². The molecular formula is C15H32N2. The van der Waals surface area contributed by atoms with Crippen molar-refractivity contribution in [3.63, 3.8) is 0 Å². The molecule has 2 heteroatoms. The number of nitrogens with zero attached hydrogens (tertiary/aromatic N) is 1. The number of likely N-dealkylation sites (tertiary alicyclic amines) is 1. The van der Waals surface area contributed by atoms with Crippen molar-refractivity contribution in [1.82, 2.24) is 10.2 Å². The van der Waals surface area contributed by atoms with E-state index in [0.717, 1.165) is 5.92 Å². The lowest BCUT2D eigenvalue weighted by Crippen LogP contribution is -2.58. The van der Waals surface area contributed by atoms with E-state index in [4.69, 9.17) is 0 Å². The van der Waals surface area contributed by atoms with Crippen LogP contribution in [0, 0.1) is 5.92 Å². The van der Waals surface area contributed by atoms with Gasteiger partial charge in [0, 0.05) is 18.1 Å². The molecule has 1 heterocycles. The Morgan fingerprint density at radius 3 is 2.47 bits per heavy atom. The van der Waals surface area contributed by atoms with Crippen molar-refractivity contribution in [2.24, 2.45) is 5.92 Å². The number of hydrogen-bond acceptors (Lipinski definition) is 2. The van der Waals surface area contributed by atoms with Crippen molar-refractivity contribution in [2.75, 3.05) is 19.6 Å². The van der Waals surface area contributed by atoms with Crippen LogP contribution in [0.3, 0.4) is 0 Å². The van der Waals surface area contributed by atoms with E-state index in [-0.39, 0.29) is 0 Å². The van der Waals surface area contributed by atoms with Gasteiger partial charge in [-0.1, -0.05) is 27.2 Å². The first-order valence-electron chi connectivity index (χ1n) is 7.52. The molecule has 0 amide bonds. The smallest absolute Gasteiger partial charge is 0.0306 e. The van der Waals surface area contributed by atoms with Crippen LogP contribution in [0.5, 0.6) is 0 Å². The molecule has 0 aromatic rings. The van der Waals surface area contributed by atoms with Gasteiger partial charge < -0.3 is 5.32 Å². The Balaban J connectivity index is 2.54. The predicted octanol–water partition coefficient (Wildman–Crippen LogP) is 3.28. The van der Waals surface area contributed by atoms with Gasteiger partial charge in [0.1, 0.15) is 0 Å². The fourth-order valence-corrected chi connectivity index (χ4v) is 2.70. The van der Waals surface area contributed by atoms with Crippen LogP contribution < -0.4 is 5.32 Å². The second kappa shape index (κ2) is 6.75. The van der Waals surface area contributed by atoms with Crippen LogP contribution in [0.2, 0.25) is 0 Å². The Labute approximate surface area is 108 Å². The highest BCUT2D eigenvalue weighted by molar-refractivity contribution is 4.94. The maximum Gasteiger partial charge on any atom is 0.0306 e. The zero-order valence-corrected chi connectivity index (χ0v) is 12.6. The molecule has 1 N–H and O–H groups in total. The lowest BCUT2D eigenvalue weighted by atomic mass is 9.85. The van der Waals surface area contributed by atoms with Gasteiger partial charge >= 0.3 is 0 Å². The van der Waals surface area contributed by atoms with Crippen LogP contribution in [0.25, 0.3) is 0 Å². The fourth-order valence-electron chi connectivity index (χ4n) is 2.70. The highest BCUT2D eigenvalue weighted by Gasteiger charge is 2.34. The molecule has 1 fully saturated rings. The minimum Gasteiger partial charge on any atom is -0.310 e. The number of piperidine rings is 1. The minimum atomic E-state index is 0.381. The van der Waals surface area contributed by atoms with Crippen LogP contribution in [-0.4, -0.2) is 36.1 Å². The first-order chi connectivity index (χ1) is 8.03. The maximum atomic E-state index is 3.88. The van der Waals surface area contributed by atoms with Gasteiger partial charge in [0.05, 0.1) is 0 Å². The molecule has 1 aliphatic rings. The van der Waals surface area contributed by atoms with Gasteiger partial charge in [-0.15, -0.1) is 0 Å². The van der Waals surface area contributed by atoms with E-state index in [1.165, 1.54) is 45.3 Å². The van der Waals surface area contributed by atoms with Crippen molar-refractivity contribution in [3.05, 3.63) is 0 Å². The van der Waals surface area contributed by atoms with Crippen LogP contribution in [0.1, 0.15) is 60.3 Å². The summed E-state index contributed by atoms with van der Waals surface area (Å²) < 4.78 is 0. The number of rotatable bonds is 6. The molecule has 0 aliphatic carbocycles. The van der Waals surface area contributed by atoms with Crippen LogP contribution in [0.4, 0.5) is 0 Å². The quantitative estimate of drug-likeness (QED) is 0.766. The van der Waals surface area contributed by atoms with Gasteiger partial charge in [-0.3, -0.25) is 4.90 Å². The van der Waals surface area contributed by atoms with E-state index in [9.17, 15) is 0 Å². The van der Waals surface area contributed by atoms with Crippen molar-refractivity contribution in [2.45, 2.75) is 71.9 Å². The summed E-state index contributed by atoms with van der Waals surface area (Å²) in [6.07, 6.45) is 5.23. The summed E-state index contributed by atoms with van der Waals surface area (Å²) in [4.78, 5) is 2.64. The average molecular weight is 240 g/mol. The van der Waals surface area contributed by atoms with Crippen LogP contribution in [0.15, 0.2) is 0 Å². The first kappa shape index (κ1) is 15.0. The van der Waals surface area contributed by atoms with Gasteiger partial charge in [0.25, 0.3) is 0 Å². The summed E-state index contributed by atoms with van der Waals surface area (Å²) in [5.74, 6) is 0.799. The average Bonchev–Trinajstić information content (AvgIpc) is 2.36. The lowest BCUT2D eigenvalue weighted by molar-refractivity contribution is 0.0899. The summed E-state index contributed by atoms with van der Waals surface area (Å²) in [5, 5.41) is 3.88. The molecule has 0 aromatic heterocycles. The Morgan fingerprint density at radius 1 is 1.24 bits per heavy atom. The number of hydrogen-bond donors (Lipinski definition) is 1. The molecule has 17 heavy (non-hydrogen) atoms. The molecule has 2 atom stereocenters. The third-order valence-corrected chi connectivity index (χ3v) is 4.54. The van der Waals surface area contributed by atoms with E-state index in [1.807, 2.05) is 0 Å². The summed E-state index contributed by atoms with van der Waals surface area (Å²) in [6, 6.07) is 0.687. The molecular weight excluding hydrogens is 208 g/mol. The Bertz CT molecular complexity index is 215. The van der Waals surface area contributed by atoms with Crippen molar-refractivity contribution in [3.8, 4) is 0 Å². The highest BCUT2D eigenvalue weighted by atomic mass is 15.2. The second-order valence-electron chi connectivity index (χ2n) is 6.20. The fraction of sp³-hybridized carbons (Fsp3) is 1.00. The lowest BCUT2D eigenvalue weighted by Gasteiger charge is -2.45. The zero-order chi connectivity index (χ0) is 12.9. The maximum absolute atomic E-state index is 3.88. The largest absolute Gasteiger partial charge is 0.310 e. The SMILES string of the molecule is CCC(C)CNC1(CC)CCCN(C(C)C)C1. The second-order valence-corrected chi connectivity index (χ2v) is 6.20. The summed E-state index contributed by atoms with van der Waals surface area (Å²) in [7, 11) is 0. The minimum absolute atomic E-state index is 0.381. The predicted molar refractivity (Wildman–Crippen MR) is 76.4 cm³/mol. The summed E-state index contributed by atoms with van der Waals surface area (Å²) in [6.45, 7) is 15.3. The highest BCUT2D eigenvalue weighted by Crippen LogP contribution is 2.26. The molecule has 2 nitrogen and oxygen atoms in total. The summed E-state index contributed by atoms with van der Waals surface area (Å²) >= 11 is 0. The van der Waals surface area contributed by atoms with E-state index in [0.29, 0.717) is 11.6 Å². The Kier molecular flexibility index (Phi) is 5.94. The molecule has 1 saturated heterocycles. The zero-order valence-electron chi connectivity index (χ0n) is 12.6. The van der Waals surface area contributed by atoms with Crippen molar-refractivity contribution < 1.29 is 0 Å². The molecule has 0 saturated carbocycles. The van der Waals surface area contributed by atoms with Gasteiger partial charge in [0.15, 0.2) is 0 Å². The van der Waals surface area contributed by atoms with Crippen LogP contribution >= 0.6 is 0 Å². The van der Waals surface area contributed by atoms with Crippen molar-refractivity contribution >= 4 is 0 Å². The molecule has 1 aliphatic heterocycles.